The van der Waals surface area contributed by atoms with Crippen molar-refractivity contribution in [2.24, 2.45) is 4.99 Å². The number of aliphatic imine (C=N–C) groups is 1. The number of guanidine groups is 1. The minimum Gasteiger partial charge on any atom is -0.357 e. The molecule has 0 radical (unpaired) electrons. The first kappa shape index (κ1) is 20.5. The van der Waals surface area contributed by atoms with Crippen molar-refractivity contribution >= 4 is 5.96 Å². The molecule has 0 aromatic rings. The summed E-state index contributed by atoms with van der Waals surface area (Å²) in [5.74, 6) is 0.998. The van der Waals surface area contributed by atoms with Crippen LogP contribution in [0.1, 0.15) is 40.5 Å². The van der Waals surface area contributed by atoms with Crippen LogP contribution >= 0.6 is 0 Å². The summed E-state index contributed by atoms with van der Waals surface area (Å²) in [6.45, 7) is 20.2. The molecule has 6 nitrogen and oxygen atoms in total. The summed E-state index contributed by atoms with van der Waals surface area (Å²) in [5.41, 5.74) is 0. The van der Waals surface area contributed by atoms with E-state index in [1.807, 2.05) is 0 Å². The summed E-state index contributed by atoms with van der Waals surface area (Å²) in [4.78, 5) is 12.5. The smallest absolute Gasteiger partial charge is 0.191 e. The average molecular weight is 353 g/mol. The van der Waals surface area contributed by atoms with Gasteiger partial charge in [-0.05, 0) is 40.2 Å². The largest absolute Gasteiger partial charge is 0.357 e. The highest BCUT2D eigenvalue weighted by molar-refractivity contribution is 5.80. The molecule has 0 unspecified atom stereocenters. The molecule has 2 saturated heterocycles. The quantitative estimate of drug-likeness (QED) is 0.530. The number of piperazine rings is 1. The molecule has 0 aromatic heterocycles. The van der Waals surface area contributed by atoms with Crippen molar-refractivity contribution in [1.29, 1.82) is 0 Å². The summed E-state index contributed by atoms with van der Waals surface area (Å²) < 4.78 is 0. The molecule has 0 bridgehead atoms. The molecular formula is C19H40N6. The molecular weight excluding hydrogens is 312 g/mol. The van der Waals surface area contributed by atoms with Gasteiger partial charge >= 0.3 is 0 Å². The molecule has 0 spiro atoms. The molecule has 0 amide bonds. The SMILES string of the molecule is CCNC(=NCCN1CCN(CC)CC1)NC1CCN(C(C)C)CC1. The van der Waals surface area contributed by atoms with E-state index in [0.717, 1.165) is 25.6 Å². The monoisotopic (exact) mass is 352 g/mol. The van der Waals surface area contributed by atoms with Crippen LogP contribution in [0.25, 0.3) is 0 Å². The Bertz CT molecular complexity index is 381. The molecule has 25 heavy (non-hydrogen) atoms. The lowest BCUT2D eigenvalue weighted by atomic mass is 10.0. The molecule has 0 atom stereocenters. The molecule has 0 aliphatic carbocycles. The second-order valence-corrected chi connectivity index (χ2v) is 7.58. The van der Waals surface area contributed by atoms with Crippen molar-refractivity contribution < 1.29 is 0 Å². The molecule has 2 aliphatic rings. The van der Waals surface area contributed by atoms with Gasteiger partial charge in [0.1, 0.15) is 0 Å². The van der Waals surface area contributed by atoms with Crippen LogP contribution in [0.5, 0.6) is 0 Å². The van der Waals surface area contributed by atoms with Crippen molar-refractivity contribution in [3.63, 3.8) is 0 Å². The van der Waals surface area contributed by atoms with Gasteiger partial charge in [-0.2, -0.15) is 0 Å². The summed E-state index contributed by atoms with van der Waals surface area (Å²) in [6, 6.07) is 1.22. The lowest BCUT2D eigenvalue weighted by Gasteiger charge is -2.35. The molecule has 146 valence electrons. The van der Waals surface area contributed by atoms with Gasteiger partial charge in [-0.15, -0.1) is 0 Å². The Morgan fingerprint density at radius 3 is 2.20 bits per heavy atom. The standard InChI is InChI=1S/C19H40N6/c1-5-20-19(22-18-7-10-25(11-8-18)17(3)4)21-9-12-24-15-13-23(6-2)14-16-24/h17-18H,5-16H2,1-4H3,(H2,20,21,22). The minimum atomic E-state index is 0.556. The summed E-state index contributed by atoms with van der Waals surface area (Å²) in [6.07, 6.45) is 2.42. The maximum absolute atomic E-state index is 4.82. The van der Waals surface area contributed by atoms with Gasteiger partial charge in [0.25, 0.3) is 0 Å². The first-order valence-electron chi connectivity index (χ1n) is 10.4. The fraction of sp³-hybridized carbons (Fsp3) is 0.947. The minimum absolute atomic E-state index is 0.556. The topological polar surface area (TPSA) is 46.1 Å². The number of hydrogen-bond donors (Lipinski definition) is 2. The van der Waals surface area contributed by atoms with Gasteiger partial charge in [0.15, 0.2) is 5.96 Å². The van der Waals surface area contributed by atoms with Crippen LogP contribution in [0.4, 0.5) is 0 Å². The third kappa shape index (κ3) is 7.12. The molecule has 2 rings (SSSR count). The molecule has 2 aliphatic heterocycles. The number of nitrogens with zero attached hydrogens (tertiary/aromatic N) is 4. The highest BCUT2D eigenvalue weighted by Gasteiger charge is 2.21. The van der Waals surface area contributed by atoms with Crippen LogP contribution in [-0.2, 0) is 0 Å². The fourth-order valence-corrected chi connectivity index (χ4v) is 3.71. The molecule has 2 fully saturated rings. The van der Waals surface area contributed by atoms with Crippen LogP contribution in [0.3, 0.4) is 0 Å². The highest BCUT2D eigenvalue weighted by Crippen LogP contribution is 2.12. The van der Waals surface area contributed by atoms with E-state index in [4.69, 9.17) is 4.99 Å². The summed E-state index contributed by atoms with van der Waals surface area (Å²) in [5, 5.41) is 7.07. The van der Waals surface area contributed by atoms with Gasteiger partial charge < -0.3 is 20.4 Å². The number of piperidine rings is 1. The van der Waals surface area contributed by atoms with Crippen LogP contribution in [-0.4, -0.2) is 98.2 Å². The average Bonchev–Trinajstić information content (AvgIpc) is 2.63. The predicted octanol–water partition coefficient (Wildman–Crippen LogP) is 1.05. The van der Waals surface area contributed by atoms with E-state index < -0.39 is 0 Å². The van der Waals surface area contributed by atoms with E-state index in [2.05, 4.69) is 53.0 Å². The second kappa shape index (κ2) is 11.0. The van der Waals surface area contributed by atoms with Gasteiger partial charge in [-0.3, -0.25) is 9.89 Å². The Labute approximate surface area is 155 Å². The predicted molar refractivity (Wildman–Crippen MR) is 107 cm³/mol. The lowest BCUT2D eigenvalue weighted by Crippen LogP contribution is -2.50. The van der Waals surface area contributed by atoms with Crippen molar-refractivity contribution in [2.45, 2.75) is 52.6 Å². The summed E-state index contributed by atoms with van der Waals surface area (Å²) >= 11 is 0. The first-order chi connectivity index (χ1) is 12.1. The summed E-state index contributed by atoms with van der Waals surface area (Å²) in [7, 11) is 0. The molecule has 2 N–H and O–H groups in total. The third-order valence-electron chi connectivity index (χ3n) is 5.54. The van der Waals surface area contributed by atoms with E-state index in [1.165, 1.54) is 58.7 Å². The maximum atomic E-state index is 4.82. The zero-order valence-electron chi connectivity index (χ0n) is 16.9. The first-order valence-corrected chi connectivity index (χ1v) is 10.4. The number of likely N-dealkylation sites (N-methyl/N-ethyl adjacent to an activating group) is 1. The number of likely N-dealkylation sites (tertiary alicyclic amines) is 1. The maximum Gasteiger partial charge on any atom is 0.191 e. The third-order valence-corrected chi connectivity index (χ3v) is 5.54. The van der Waals surface area contributed by atoms with Crippen molar-refractivity contribution in [1.82, 2.24) is 25.3 Å². The van der Waals surface area contributed by atoms with Gasteiger partial charge in [0.2, 0.25) is 0 Å². The Balaban J connectivity index is 1.71. The molecule has 2 heterocycles. The second-order valence-electron chi connectivity index (χ2n) is 7.58. The van der Waals surface area contributed by atoms with Gasteiger partial charge in [-0.1, -0.05) is 6.92 Å². The van der Waals surface area contributed by atoms with Crippen LogP contribution in [0.15, 0.2) is 4.99 Å². The Morgan fingerprint density at radius 2 is 1.64 bits per heavy atom. The Hall–Kier alpha value is -0.850. The molecule has 6 heteroatoms. The van der Waals surface area contributed by atoms with Crippen molar-refractivity contribution in [2.75, 3.05) is 65.4 Å². The van der Waals surface area contributed by atoms with E-state index in [-0.39, 0.29) is 0 Å². The van der Waals surface area contributed by atoms with Crippen molar-refractivity contribution in [3.05, 3.63) is 0 Å². The normalized spacial score (nSPS) is 22.5. The molecule has 0 aromatic carbocycles. The lowest BCUT2D eigenvalue weighted by molar-refractivity contribution is 0.140. The number of hydrogen-bond acceptors (Lipinski definition) is 4. The van der Waals surface area contributed by atoms with Gasteiger partial charge in [-0.25, -0.2) is 0 Å². The Morgan fingerprint density at radius 1 is 1.00 bits per heavy atom. The zero-order valence-corrected chi connectivity index (χ0v) is 16.9. The number of nitrogens with one attached hydrogen (secondary N) is 2. The van der Waals surface area contributed by atoms with Crippen LogP contribution in [0.2, 0.25) is 0 Å². The van der Waals surface area contributed by atoms with Crippen LogP contribution in [0, 0.1) is 0 Å². The van der Waals surface area contributed by atoms with Gasteiger partial charge in [0, 0.05) is 64.4 Å². The highest BCUT2D eigenvalue weighted by atomic mass is 15.3. The van der Waals surface area contributed by atoms with Crippen molar-refractivity contribution in [3.8, 4) is 0 Å². The van der Waals surface area contributed by atoms with E-state index in [0.29, 0.717) is 12.1 Å². The Kier molecular flexibility index (Phi) is 8.99. The fourth-order valence-electron chi connectivity index (χ4n) is 3.71. The van der Waals surface area contributed by atoms with E-state index in [9.17, 15) is 0 Å². The van der Waals surface area contributed by atoms with Crippen LogP contribution < -0.4 is 10.6 Å². The van der Waals surface area contributed by atoms with E-state index in [1.54, 1.807) is 0 Å². The zero-order chi connectivity index (χ0) is 18.1. The van der Waals surface area contributed by atoms with Gasteiger partial charge in [0.05, 0.1) is 6.54 Å². The molecule has 0 saturated carbocycles. The number of rotatable bonds is 7. The van der Waals surface area contributed by atoms with E-state index >= 15 is 0 Å².